The lowest BCUT2D eigenvalue weighted by molar-refractivity contribution is -0.155. The van der Waals surface area contributed by atoms with Gasteiger partial charge in [0.2, 0.25) is 5.91 Å². The molecule has 0 heterocycles. The second-order valence-corrected chi connectivity index (χ2v) is 5.31. The molecule has 3 amide bonds. The molecule has 0 aromatic heterocycles. The predicted octanol–water partition coefficient (Wildman–Crippen LogP) is -0.654. The third-order valence-corrected chi connectivity index (χ3v) is 2.08. The van der Waals surface area contributed by atoms with Crippen molar-refractivity contribution >= 4 is 23.9 Å². The van der Waals surface area contributed by atoms with Gasteiger partial charge in [-0.3, -0.25) is 9.59 Å². The van der Waals surface area contributed by atoms with Crippen molar-refractivity contribution in [3.05, 3.63) is 0 Å². The highest BCUT2D eigenvalue weighted by Crippen LogP contribution is 2.10. The number of nitrogens with one attached hydrogen (secondary N) is 2. The second-order valence-electron chi connectivity index (χ2n) is 5.31. The van der Waals surface area contributed by atoms with Gasteiger partial charge in [0.1, 0.15) is 11.6 Å². The van der Waals surface area contributed by atoms with Crippen molar-refractivity contribution in [2.75, 3.05) is 6.54 Å². The van der Waals surface area contributed by atoms with E-state index in [9.17, 15) is 19.2 Å². The predicted molar refractivity (Wildman–Crippen MR) is 72.2 cm³/mol. The molecule has 0 unspecified atom stereocenters. The summed E-state index contributed by atoms with van der Waals surface area (Å²) in [7, 11) is 0. The molecule has 0 aromatic rings. The van der Waals surface area contributed by atoms with E-state index in [0.717, 1.165) is 0 Å². The van der Waals surface area contributed by atoms with E-state index in [4.69, 9.17) is 15.6 Å². The summed E-state index contributed by atoms with van der Waals surface area (Å²) >= 11 is 0. The fourth-order valence-corrected chi connectivity index (χ4v) is 1.29. The number of rotatable bonds is 7. The summed E-state index contributed by atoms with van der Waals surface area (Å²) in [6.07, 6.45) is -0.293. The van der Waals surface area contributed by atoms with E-state index in [2.05, 4.69) is 10.6 Å². The summed E-state index contributed by atoms with van der Waals surface area (Å²) in [6.45, 7) is 4.66. The average molecular weight is 303 g/mol. The van der Waals surface area contributed by atoms with E-state index in [1.807, 2.05) is 0 Å². The number of hydrogen-bond acceptors (Lipinski definition) is 5. The van der Waals surface area contributed by atoms with Crippen molar-refractivity contribution in [1.29, 1.82) is 0 Å². The molecule has 1 atom stereocenters. The van der Waals surface area contributed by atoms with Crippen molar-refractivity contribution in [1.82, 2.24) is 10.6 Å². The summed E-state index contributed by atoms with van der Waals surface area (Å²) in [5.41, 5.74) is 4.16. The van der Waals surface area contributed by atoms with Crippen molar-refractivity contribution < 1.29 is 29.0 Å². The first-order valence-electron chi connectivity index (χ1n) is 6.28. The maximum Gasteiger partial charge on any atom is 0.326 e. The van der Waals surface area contributed by atoms with Crippen LogP contribution in [0.15, 0.2) is 0 Å². The van der Waals surface area contributed by atoms with Crippen LogP contribution in [0.25, 0.3) is 0 Å². The van der Waals surface area contributed by atoms with Crippen molar-refractivity contribution in [2.24, 2.45) is 5.73 Å². The summed E-state index contributed by atoms with van der Waals surface area (Å²) in [5, 5.41) is 13.2. The Bertz CT molecular complexity index is 416. The van der Waals surface area contributed by atoms with E-state index in [1.165, 1.54) is 0 Å². The monoisotopic (exact) mass is 303 g/mol. The van der Waals surface area contributed by atoms with Gasteiger partial charge in [0.15, 0.2) is 0 Å². The molecule has 0 spiro atoms. The third kappa shape index (κ3) is 10.2. The topological polar surface area (TPSA) is 148 Å². The lowest BCUT2D eigenvalue weighted by Gasteiger charge is -2.20. The highest BCUT2D eigenvalue weighted by Gasteiger charge is 2.23. The summed E-state index contributed by atoms with van der Waals surface area (Å²) in [4.78, 5) is 44.3. The van der Waals surface area contributed by atoms with Gasteiger partial charge >= 0.3 is 18.0 Å². The largest absolute Gasteiger partial charge is 0.480 e. The second kappa shape index (κ2) is 8.08. The summed E-state index contributed by atoms with van der Waals surface area (Å²) in [6, 6.07) is -2.13. The first kappa shape index (κ1) is 18.7. The molecule has 5 N–H and O–H groups in total. The van der Waals surface area contributed by atoms with Crippen molar-refractivity contribution in [2.45, 2.75) is 45.3 Å². The number of carbonyl (C=O) groups is 4. The number of carbonyl (C=O) groups excluding carboxylic acids is 3. The van der Waals surface area contributed by atoms with Crippen LogP contribution in [-0.4, -0.2) is 47.2 Å². The number of urea groups is 1. The highest BCUT2D eigenvalue weighted by molar-refractivity contribution is 5.86. The van der Waals surface area contributed by atoms with Crippen LogP contribution < -0.4 is 16.4 Å². The minimum Gasteiger partial charge on any atom is -0.480 e. The summed E-state index contributed by atoms with van der Waals surface area (Å²) < 4.78 is 5.03. The van der Waals surface area contributed by atoms with Gasteiger partial charge < -0.3 is 26.2 Å². The molecular formula is C12H21N3O6. The molecule has 21 heavy (non-hydrogen) atoms. The quantitative estimate of drug-likeness (QED) is 0.459. The molecule has 0 fully saturated rings. The first-order chi connectivity index (χ1) is 9.51. The minimum absolute atomic E-state index is 0.131. The van der Waals surface area contributed by atoms with Crippen LogP contribution in [-0.2, 0) is 19.1 Å². The number of aliphatic carboxylic acids is 1. The molecule has 0 saturated carbocycles. The zero-order chi connectivity index (χ0) is 16.6. The van der Waals surface area contributed by atoms with Crippen LogP contribution in [0, 0.1) is 0 Å². The number of primary amides is 1. The number of hydrogen-bond donors (Lipinski definition) is 4. The average Bonchev–Trinajstić information content (AvgIpc) is 2.29. The van der Waals surface area contributed by atoms with E-state index >= 15 is 0 Å². The molecule has 0 rings (SSSR count). The molecule has 120 valence electrons. The molecule has 9 nitrogen and oxygen atoms in total. The highest BCUT2D eigenvalue weighted by atomic mass is 16.6. The van der Waals surface area contributed by atoms with Crippen LogP contribution in [0.3, 0.4) is 0 Å². The molecular weight excluding hydrogens is 282 g/mol. The van der Waals surface area contributed by atoms with Crippen LogP contribution >= 0.6 is 0 Å². The standard InChI is InChI=1S/C12H21N3O6/c1-12(2,3)21-9(17)5-4-7(10(18)19)15-11(20)14-6-8(13)16/h7H,4-6H2,1-3H3,(H2,13,16)(H,18,19)(H2,14,15,20)/t7-/m1/s1. The maximum absolute atomic E-state index is 11.5. The number of carboxylic acids is 1. The number of amides is 3. The molecule has 0 aliphatic rings. The van der Waals surface area contributed by atoms with E-state index in [-0.39, 0.29) is 12.8 Å². The van der Waals surface area contributed by atoms with Crippen molar-refractivity contribution in [3.63, 3.8) is 0 Å². The Labute approximate surface area is 122 Å². The molecule has 0 aliphatic carbocycles. The zero-order valence-electron chi connectivity index (χ0n) is 12.3. The van der Waals surface area contributed by atoms with Crippen LogP contribution in [0.2, 0.25) is 0 Å². The molecule has 0 saturated heterocycles. The Morgan fingerprint density at radius 2 is 1.81 bits per heavy atom. The van der Waals surface area contributed by atoms with Gasteiger partial charge in [-0.15, -0.1) is 0 Å². The summed E-state index contributed by atoms with van der Waals surface area (Å²) in [5.74, 6) is -2.62. The van der Waals surface area contributed by atoms with Gasteiger partial charge in [-0.1, -0.05) is 0 Å². The van der Waals surface area contributed by atoms with Gasteiger partial charge in [0.25, 0.3) is 0 Å². The Morgan fingerprint density at radius 1 is 1.24 bits per heavy atom. The SMILES string of the molecule is CC(C)(C)OC(=O)CC[C@@H](NC(=O)NCC(N)=O)C(=O)O. The molecule has 0 aliphatic heterocycles. The van der Waals surface area contributed by atoms with Crippen LogP contribution in [0.4, 0.5) is 4.79 Å². The van der Waals surface area contributed by atoms with E-state index < -0.39 is 42.1 Å². The third-order valence-electron chi connectivity index (χ3n) is 2.08. The number of esters is 1. The Morgan fingerprint density at radius 3 is 2.24 bits per heavy atom. The van der Waals surface area contributed by atoms with E-state index in [0.29, 0.717) is 0 Å². The Kier molecular flexibility index (Phi) is 7.18. The van der Waals surface area contributed by atoms with Gasteiger partial charge in [-0.2, -0.15) is 0 Å². The Hall–Kier alpha value is -2.32. The fourth-order valence-electron chi connectivity index (χ4n) is 1.29. The number of nitrogens with two attached hydrogens (primary N) is 1. The Balaban J connectivity index is 4.32. The fraction of sp³-hybridized carbons (Fsp3) is 0.667. The van der Waals surface area contributed by atoms with Gasteiger partial charge in [0, 0.05) is 6.42 Å². The van der Waals surface area contributed by atoms with Gasteiger partial charge in [-0.05, 0) is 27.2 Å². The molecule has 0 aromatic carbocycles. The van der Waals surface area contributed by atoms with Gasteiger partial charge in [-0.25, -0.2) is 9.59 Å². The van der Waals surface area contributed by atoms with Gasteiger partial charge in [0.05, 0.1) is 6.54 Å². The van der Waals surface area contributed by atoms with Crippen molar-refractivity contribution in [3.8, 4) is 0 Å². The number of carboxylic acid groups (broad SMARTS) is 1. The van der Waals surface area contributed by atoms with Crippen LogP contribution in [0.1, 0.15) is 33.6 Å². The maximum atomic E-state index is 11.5. The normalized spacial score (nSPS) is 12.1. The zero-order valence-corrected chi connectivity index (χ0v) is 12.3. The molecule has 0 bridgehead atoms. The lowest BCUT2D eigenvalue weighted by Crippen LogP contribution is -2.48. The lowest BCUT2D eigenvalue weighted by atomic mass is 10.1. The smallest absolute Gasteiger partial charge is 0.326 e. The number of ether oxygens (including phenoxy) is 1. The molecule has 0 radical (unpaired) electrons. The molecule has 9 heteroatoms. The first-order valence-corrected chi connectivity index (χ1v) is 6.28. The minimum atomic E-state index is -1.30. The van der Waals surface area contributed by atoms with Crippen LogP contribution in [0.5, 0.6) is 0 Å². The van der Waals surface area contributed by atoms with E-state index in [1.54, 1.807) is 20.8 Å².